The van der Waals surface area contributed by atoms with Crippen LogP contribution >= 0.6 is 0 Å². The average molecular weight is 332 g/mol. The first kappa shape index (κ1) is 15.8. The van der Waals surface area contributed by atoms with E-state index in [1.807, 2.05) is 11.0 Å². The van der Waals surface area contributed by atoms with Crippen molar-refractivity contribution in [2.75, 3.05) is 32.9 Å². The number of ether oxygens (including phenoxy) is 1. The van der Waals surface area contributed by atoms with Crippen LogP contribution in [-0.4, -0.2) is 53.4 Å². The van der Waals surface area contributed by atoms with Crippen molar-refractivity contribution in [3.8, 4) is 0 Å². The van der Waals surface area contributed by atoms with Gasteiger partial charge in [-0.3, -0.25) is 9.59 Å². The van der Waals surface area contributed by atoms with Gasteiger partial charge in [0.1, 0.15) is 0 Å². The van der Waals surface area contributed by atoms with E-state index in [2.05, 4.69) is 0 Å². The molecule has 0 aromatic carbocycles. The molecule has 2 saturated heterocycles. The molecule has 0 saturated carbocycles. The van der Waals surface area contributed by atoms with Gasteiger partial charge in [-0.05, 0) is 25.3 Å². The zero-order valence-electron chi connectivity index (χ0n) is 13.8. The maximum Gasteiger partial charge on any atom is 0.251 e. The Hall–Kier alpha value is -1.66. The molecule has 0 unspecified atom stereocenters. The second-order valence-electron chi connectivity index (χ2n) is 7.23. The summed E-state index contributed by atoms with van der Waals surface area (Å²) in [5, 5.41) is 9.87. The normalized spacial score (nSPS) is 30.0. The molecular formula is C18H24N2O4. The largest absolute Gasteiger partial charge is 0.394 e. The average Bonchev–Trinajstić information content (AvgIpc) is 2.63. The van der Waals surface area contributed by atoms with Crippen LogP contribution < -0.4 is 5.56 Å². The third-order valence-corrected chi connectivity index (χ3v) is 5.87. The number of aliphatic hydroxyl groups is 1. The molecule has 24 heavy (non-hydrogen) atoms. The standard InChI is InChI=1S/C18H24N2O4/c21-11-16-14-8-13(15-2-1-3-17(22)20(15)16)9-19(10-14)18(23)12-4-6-24-7-5-12/h1-3,12-14,16,21H,4-11H2/t13-,14+,16+/m1/s1. The molecule has 3 aliphatic heterocycles. The van der Waals surface area contributed by atoms with E-state index in [4.69, 9.17) is 4.74 Å². The zero-order chi connectivity index (χ0) is 16.7. The van der Waals surface area contributed by atoms with Gasteiger partial charge in [0.25, 0.3) is 5.56 Å². The second kappa shape index (κ2) is 6.33. The molecule has 4 heterocycles. The Morgan fingerprint density at radius 1 is 1.25 bits per heavy atom. The first-order valence-corrected chi connectivity index (χ1v) is 8.88. The smallest absolute Gasteiger partial charge is 0.251 e. The highest BCUT2D eigenvalue weighted by atomic mass is 16.5. The van der Waals surface area contributed by atoms with E-state index in [0.29, 0.717) is 26.3 Å². The molecule has 0 radical (unpaired) electrons. The van der Waals surface area contributed by atoms with Crippen molar-refractivity contribution in [3.05, 3.63) is 34.2 Å². The van der Waals surface area contributed by atoms with Crippen LogP contribution in [0, 0.1) is 11.8 Å². The van der Waals surface area contributed by atoms with Gasteiger partial charge in [0.05, 0.1) is 12.6 Å². The van der Waals surface area contributed by atoms with Gasteiger partial charge in [-0.25, -0.2) is 0 Å². The summed E-state index contributed by atoms with van der Waals surface area (Å²) in [6, 6.07) is 5.07. The van der Waals surface area contributed by atoms with Crippen LogP contribution in [0.4, 0.5) is 0 Å². The van der Waals surface area contributed by atoms with Gasteiger partial charge >= 0.3 is 0 Å². The van der Waals surface area contributed by atoms with Gasteiger partial charge < -0.3 is 19.3 Å². The molecule has 0 aliphatic carbocycles. The van der Waals surface area contributed by atoms with E-state index in [9.17, 15) is 14.7 Å². The number of nitrogens with zero attached hydrogens (tertiary/aromatic N) is 2. The van der Waals surface area contributed by atoms with Crippen molar-refractivity contribution in [1.82, 2.24) is 9.47 Å². The van der Waals surface area contributed by atoms with Crippen molar-refractivity contribution in [3.63, 3.8) is 0 Å². The van der Waals surface area contributed by atoms with Crippen molar-refractivity contribution in [2.45, 2.75) is 31.2 Å². The van der Waals surface area contributed by atoms with Crippen LogP contribution in [0.5, 0.6) is 0 Å². The summed E-state index contributed by atoms with van der Waals surface area (Å²) >= 11 is 0. The molecule has 3 aliphatic rings. The number of carbonyl (C=O) groups is 1. The second-order valence-corrected chi connectivity index (χ2v) is 7.23. The number of aromatic nitrogens is 1. The van der Waals surface area contributed by atoms with Crippen molar-refractivity contribution >= 4 is 5.91 Å². The number of likely N-dealkylation sites (tertiary alicyclic amines) is 1. The van der Waals surface area contributed by atoms with Crippen molar-refractivity contribution in [1.29, 1.82) is 0 Å². The Bertz CT molecular complexity index is 680. The number of hydrogen-bond donors (Lipinski definition) is 1. The maximum atomic E-state index is 12.9. The fraction of sp³-hybridized carbons (Fsp3) is 0.667. The molecule has 6 heteroatoms. The molecule has 4 rings (SSSR count). The molecule has 2 bridgehead atoms. The molecule has 130 valence electrons. The molecule has 1 amide bonds. The lowest BCUT2D eigenvalue weighted by molar-refractivity contribution is -0.142. The van der Waals surface area contributed by atoms with E-state index in [-0.39, 0.29) is 41.9 Å². The minimum absolute atomic E-state index is 0.0505. The topological polar surface area (TPSA) is 71.8 Å². The van der Waals surface area contributed by atoms with Gasteiger partial charge in [0.15, 0.2) is 0 Å². The Labute approximate surface area is 141 Å². The number of rotatable bonds is 2. The summed E-state index contributed by atoms with van der Waals surface area (Å²) in [7, 11) is 0. The van der Waals surface area contributed by atoms with E-state index >= 15 is 0 Å². The van der Waals surface area contributed by atoms with Gasteiger partial charge in [-0.15, -0.1) is 0 Å². The molecule has 1 N–H and O–H groups in total. The molecule has 1 aromatic rings. The third-order valence-electron chi connectivity index (χ3n) is 5.87. The summed E-state index contributed by atoms with van der Waals surface area (Å²) in [5.74, 6) is 0.605. The molecular weight excluding hydrogens is 308 g/mol. The van der Waals surface area contributed by atoms with Gasteiger partial charge in [-0.1, -0.05) is 6.07 Å². The van der Waals surface area contributed by atoms with Crippen LogP contribution in [-0.2, 0) is 9.53 Å². The fourth-order valence-corrected chi connectivity index (χ4v) is 4.66. The molecule has 2 fully saturated rings. The quantitative estimate of drug-likeness (QED) is 0.868. The summed E-state index contributed by atoms with van der Waals surface area (Å²) in [5.41, 5.74) is 0.910. The van der Waals surface area contributed by atoms with Crippen LogP contribution in [0.3, 0.4) is 0 Å². The lowest BCUT2D eigenvalue weighted by atomic mass is 9.78. The number of aliphatic hydroxyl groups excluding tert-OH is 1. The lowest BCUT2D eigenvalue weighted by Gasteiger charge is -2.47. The third kappa shape index (κ3) is 2.58. The number of hydrogen-bond acceptors (Lipinski definition) is 4. The molecule has 6 nitrogen and oxygen atoms in total. The number of pyridine rings is 1. The number of fused-ring (bicyclic) bond motifs is 4. The molecule has 0 spiro atoms. The van der Waals surface area contributed by atoms with Gasteiger partial charge in [0, 0.05) is 55.8 Å². The Kier molecular flexibility index (Phi) is 4.18. The Balaban J connectivity index is 1.62. The minimum atomic E-state index is -0.227. The van der Waals surface area contributed by atoms with Crippen LogP contribution in [0.25, 0.3) is 0 Å². The van der Waals surface area contributed by atoms with E-state index in [0.717, 1.165) is 25.0 Å². The van der Waals surface area contributed by atoms with Crippen molar-refractivity contribution < 1.29 is 14.6 Å². The number of piperidine rings is 1. The predicted molar refractivity (Wildman–Crippen MR) is 87.8 cm³/mol. The molecule has 3 atom stereocenters. The highest BCUT2D eigenvalue weighted by molar-refractivity contribution is 5.79. The monoisotopic (exact) mass is 332 g/mol. The Morgan fingerprint density at radius 3 is 2.79 bits per heavy atom. The predicted octanol–water partition coefficient (Wildman–Crippen LogP) is 0.754. The first-order valence-electron chi connectivity index (χ1n) is 8.88. The fourth-order valence-electron chi connectivity index (χ4n) is 4.66. The van der Waals surface area contributed by atoms with E-state index in [1.165, 1.54) is 0 Å². The van der Waals surface area contributed by atoms with Crippen LogP contribution in [0.1, 0.15) is 36.9 Å². The highest BCUT2D eigenvalue weighted by Crippen LogP contribution is 2.41. The zero-order valence-corrected chi connectivity index (χ0v) is 13.8. The number of carbonyl (C=O) groups excluding carboxylic acids is 1. The SMILES string of the molecule is O=C(C1CCOCC1)N1C[C@H]2C[C@@H](C1)[C@H](CO)n1c2cccc1=O. The number of amides is 1. The van der Waals surface area contributed by atoms with Crippen LogP contribution in [0.15, 0.2) is 23.0 Å². The van der Waals surface area contributed by atoms with Gasteiger partial charge in [0.2, 0.25) is 5.91 Å². The minimum Gasteiger partial charge on any atom is -0.394 e. The van der Waals surface area contributed by atoms with Crippen LogP contribution in [0.2, 0.25) is 0 Å². The van der Waals surface area contributed by atoms with Gasteiger partial charge in [-0.2, -0.15) is 0 Å². The summed E-state index contributed by atoms with van der Waals surface area (Å²) < 4.78 is 7.12. The first-order chi connectivity index (χ1) is 11.7. The summed E-state index contributed by atoms with van der Waals surface area (Å²) in [6.07, 6.45) is 2.53. The Morgan fingerprint density at radius 2 is 2.04 bits per heavy atom. The summed E-state index contributed by atoms with van der Waals surface area (Å²) in [6.45, 7) is 2.57. The highest BCUT2D eigenvalue weighted by Gasteiger charge is 2.42. The van der Waals surface area contributed by atoms with Crippen molar-refractivity contribution in [2.24, 2.45) is 11.8 Å². The lowest BCUT2D eigenvalue weighted by Crippen LogP contribution is -2.53. The molecule has 1 aromatic heterocycles. The summed E-state index contributed by atoms with van der Waals surface area (Å²) in [4.78, 5) is 27.2. The van der Waals surface area contributed by atoms with E-state index < -0.39 is 0 Å². The maximum absolute atomic E-state index is 12.9. The van der Waals surface area contributed by atoms with E-state index in [1.54, 1.807) is 16.7 Å².